The Bertz CT molecular complexity index is 619. The number of primary amides is 1. The van der Waals surface area contributed by atoms with E-state index in [0.717, 1.165) is 5.56 Å². The number of nitrogens with zero attached hydrogens (tertiary/aromatic N) is 3. The molecule has 1 heterocycles. The van der Waals surface area contributed by atoms with Crippen molar-refractivity contribution in [1.82, 2.24) is 20.6 Å². The maximum Gasteiger partial charge on any atom is 0.263 e. The number of H-pyrrole nitrogens is 1. The van der Waals surface area contributed by atoms with E-state index in [4.69, 9.17) is 15.2 Å². The van der Waals surface area contributed by atoms with Crippen molar-refractivity contribution in [2.75, 3.05) is 19.0 Å². The van der Waals surface area contributed by atoms with Gasteiger partial charge in [-0.15, -0.1) is 5.10 Å². The van der Waals surface area contributed by atoms with Crippen molar-refractivity contribution >= 4 is 27.8 Å². The van der Waals surface area contributed by atoms with Crippen LogP contribution in [0.1, 0.15) is 5.56 Å². The zero-order chi connectivity index (χ0) is 15.2. The number of tetrazole rings is 1. The lowest BCUT2D eigenvalue weighted by Gasteiger charge is -2.13. The zero-order valence-corrected chi connectivity index (χ0v) is 12.7. The molecule has 0 unspecified atom stereocenters. The molecule has 4 N–H and O–H groups in total. The molecule has 0 aliphatic carbocycles. The number of aromatic nitrogens is 4. The topological polar surface area (TPSA) is 128 Å². The molecule has 0 saturated heterocycles. The van der Waals surface area contributed by atoms with Gasteiger partial charge < -0.3 is 20.5 Å². The summed E-state index contributed by atoms with van der Waals surface area (Å²) in [6.07, 6.45) is 0. The van der Waals surface area contributed by atoms with E-state index in [9.17, 15) is 4.79 Å². The van der Waals surface area contributed by atoms with Gasteiger partial charge in [-0.3, -0.25) is 4.79 Å². The van der Waals surface area contributed by atoms with Gasteiger partial charge in [0.15, 0.2) is 18.1 Å². The standard InChI is InChI=1S/C11H13BrN6O3/c1-20-8-3-6(4-14-11-15-17-18-16-11)2-7(12)10(8)21-5-9(13)19/h2-3H,4-5H2,1H3,(H2,13,19)(H2,14,15,16,17,18). The molecule has 0 bridgehead atoms. The molecule has 1 aromatic carbocycles. The summed E-state index contributed by atoms with van der Waals surface area (Å²) >= 11 is 3.37. The van der Waals surface area contributed by atoms with Crippen molar-refractivity contribution < 1.29 is 14.3 Å². The highest BCUT2D eigenvalue weighted by molar-refractivity contribution is 9.10. The number of carbonyl (C=O) groups is 1. The van der Waals surface area contributed by atoms with Crippen molar-refractivity contribution in [3.8, 4) is 11.5 Å². The van der Waals surface area contributed by atoms with Crippen LogP contribution in [0.2, 0.25) is 0 Å². The second-order valence-electron chi connectivity index (χ2n) is 3.95. The Morgan fingerprint density at radius 2 is 2.33 bits per heavy atom. The van der Waals surface area contributed by atoms with Crippen molar-refractivity contribution in [2.24, 2.45) is 5.73 Å². The van der Waals surface area contributed by atoms with Gasteiger partial charge in [0, 0.05) is 6.54 Å². The third kappa shape index (κ3) is 4.05. The third-order valence-electron chi connectivity index (χ3n) is 2.44. The SMILES string of the molecule is COc1cc(CNc2nn[nH]n2)cc(Br)c1OCC(N)=O. The molecule has 1 aromatic heterocycles. The maximum atomic E-state index is 10.8. The van der Waals surface area contributed by atoms with Gasteiger partial charge >= 0.3 is 0 Å². The minimum Gasteiger partial charge on any atom is -0.493 e. The van der Waals surface area contributed by atoms with E-state index in [2.05, 4.69) is 41.9 Å². The Hall–Kier alpha value is -2.36. The normalized spacial score (nSPS) is 10.2. The van der Waals surface area contributed by atoms with Crippen LogP contribution in [-0.2, 0) is 11.3 Å². The van der Waals surface area contributed by atoms with E-state index in [1.54, 1.807) is 6.07 Å². The highest BCUT2D eigenvalue weighted by Gasteiger charge is 2.13. The fourth-order valence-corrected chi connectivity index (χ4v) is 2.18. The number of hydrogen-bond donors (Lipinski definition) is 3. The van der Waals surface area contributed by atoms with E-state index in [1.165, 1.54) is 7.11 Å². The van der Waals surface area contributed by atoms with Crippen LogP contribution in [0.3, 0.4) is 0 Å². The fraction of sp³-hybridized carbons (Fsp3) is 0.273. The van der Waals surface area contributed by atoms with Crippen LogP contribution in [0.15, 0.2) is 16.6 Å². The van der Waals surface area contributed by atoms with Gasteiger partial charge in [-0.1, -0.05) is 5.10 Å². The highest BCUT2D eigenvalue weighted by atomic mass is 79.9. The molecule has 0 radical (unpaired) electrons. The Kier molecular flexibility index (Phi) is 4.93. The number of aromatic amines is 1. The first-order valence-electron chi connectivity index (χ1n) is 5.85. The van der Waals surface area contributed by atoms with Gasteiger partial charge in [0.05, 0.1) is 11.6 Å². The van der Waals surface area contributed by atoms with Crippen LogP contribution < -0.4 is 20.5 Å². The summed E-state index contributed by atoms with van der Waals surface area (Å²) in [5.41, 5.74) is 5.96. The summed E-state index contributed by atoms with van der Waals surface area (Å²) in [5, 5.41) is 16.3. The molecule has 10 heteroatoms. The second kappa shape index (κ2) is 6.88. The van der Waals surface area contributed by atoms with E-state index >= 15 is 0 Å². The van der Waals surface area contributed by atoms with Crippen LogP contribution in [0.5, 0.6) is 11.5 Å². The number of anilines is 1. The van der Waals surface area contributed by atoms with Gasteiger partial charge in [-0.25, -0.2) is 0 Å². The first-order valence-corrected chi connectivity index (χ1v) is 6.64. The monoisotopic (exact) mass is 356 g/mol. The maximum absolute atomic E-state index is 10.8. The number of halogens is 1. The van der Waals surface area contributed by atoms with E-state index < -0.39 is 5.91 Å². The number of carbonyl (C=O) groups excluding carboxylic acids is 1. The molecule has 9 nitrogen and oxygen atoms in total. The van der Waals surface area contributed by atoms with Crippen LogP contribution >= 0.6 is 15.9 Å². The van der Waals surface area contributed by atoms with Gasteiger partial charge in [-0.2, -0.15) is 5.21 Å². The minimum absolute atomic E-state index is 0.227. The Morgan fingerprint density at radius 1 is 1.52 bits per heavy atom. The number of nitrogens with two attached hydrogens (primary N) is 1. The zero-order valence-electron chi connectivity index (χ0n) is 11.1. The Labute approximate surface area is 128 Å². The Morgan fingerprint density at radius 3 is 2.95 bits per heavy atom. The summed E-state index contributed by atoms with van der Waals surface area (Å²) in [7, 11) is 1.51. The van der Waals surface area contributed by atoms with Crippen LogP contribution in [0.25, 0.3) is 0 Å². The lowest BCUT2D eigenvalue weighted by molar-refractivity contribution is -0.119. The van der Waals surface area contributed by atoms with E-state index in [0.29, 0.717) is 28.5 Å². The molecule has 0 spiro atoms. The molecule has 0 fully saturated rings. The summed E-state index contributed by atoms with van der Waals surface area (Å²) in [5.74, 6) is 0.723. The van der Waals surface area contributed by atoms with Gasteiger partial charge in [0.2, 0.25) is 0 Å². The molecular formula is C11H13BrN6O3. The van der Waals surface area contributed by atoms with Gasteiger partial charge in [-0.05, 0) is 38.8 Å². The molecule has 0 saturated carbocycles. The summed E-state index contributed by atoms with van der Waals surface area (Å²) in [6.45, 7) is 0.236. The lowest BCUT2D eigenvalue weighted by atomic mass is 10.2. The first-order chi connectivity index (χ1) is 10.1. The number of nitrogens with one attached hydrogen (secondary N) is 2. The summed E-state index contributed by atoms with van der Waals surface area (Å²) in [6, 6.07) is 3.60. The number of amides is 1. The molecule has 2 rings (SSSR count). The van der Waals surface area contributed by atoms with Crippen LogP contribution in [0, 0.1) is 0 Å². The molecular weight excluding hydrogens is 344 g/mol. The van der Waals surface area contributed by atoms with Crippen molar-refractivity contribution in [3.63, 3.8) is 0 Å². The number of methoxy groups -OCH3 is 1. The quantitative estimate of drug-likeness (QED) is 0.656. The largest absolute Gasteiger partial charge is 0.493 e. The predicted octanol–water partition coefficient (Wildman–Crippen LogP) is 0.447. The number of ether oxygens (including phenoxy) is 2. The first kappa shape index (κ1) is 15.0. The third-order valence-corrected chi connectivity index (χ3v) is 3.03. The lowest BCUT2D eigenvalue weighted by Crippen LogP contribution is -2.20. The number of benzene rings is 1. The Balaban J connectivity index is 2.13. The molecule has 112 valence electrons. The average Bonchev–Trinajstić information content (AvgIpc) is 2.96. The van der Waals surface area contributed by atoms with E-state index in [1.807, 2.05) is 6.07 Å². The fourth-order valence-electron chi connectivity index (χ4n) is 1.58. The van der Waals surface area contributed by atoms with Gasteiger partial charge in [0.1, 0.15) is 0 Å². The van der Waals surface area contributed by atoms with Crippen molar-refractivity contribution in [1.29, 1.82) is 0 Å². The molecule has 21 heavy (non-hydrogen) atoms. The number of rotatable bonds is 7. The van der Waals surface area contributed by atoms with Crippen LogP contribution in [-0.4, -0.2) is 40.2 Å². The molecule has 0 aliphatic heterocycles. The van der Waals surface area contributed by atoms with Crippen molar-refractivity contribution in [2.45, 2.75) is 6.54 Å². The molecule has 1 amide bonds. The average molecular weight is 357 g/mol. The predicted molar refractivity (Wildman–Crippen MR) is 76.9 cm³/mol. The van der Waals surface area contributed by atoms with Crippen LogP contribution in [0.4, 0.5) is 5.95 Å². The smallest absolute Gasteiger partial charge is 0.263 e. The van der Waals surface area contributed by atoms with Crippen molar-refractivity contribution in [3.05, 3.63) is 22.2 Å². The molecule has 0 atom stereocenters. The summed E-state index contributed by atoms with van der Waals surface area (Å²) in [4.78, 5) is 10.8. The highest BCUT2D eigenvalue weighted by Crippen LogP contribution is 2.36. The number of hydrogen-bond acceptors (Lipinski definition) is 7. The molecule has 0 aliphatic rings. The second-order valence-corrected chi connectivity index (χ2v) is 4.81. The van der Waals surface area contributed by atoms with E-state index in [-0.39, 0.29) is 6.61 Å². The summed E-state index contributed by atoms with van der Waals surface area (Å²) < 4.78 is 11.2. The van der Waals surface area contributed by atoms with Gasteiger partial charge in [0.25, 0.3) is 11.9 Å². The minimum atomic E-state index is -0.563. The molecule has 2 aromatic rings.